The molecule has 1 rings (SSSR count). The molecule has 0 saturated heterocycles. The van der Waals surface area contributed by atoms with E-state index in [0.717, 1.165) is 29.0 Å². The fourth-order valence-electron chi connectivity index (χ4n) is 1.36. The van der Waals surface area contributed by atoms with Gasteiger partial charge in [-0.3, -0.25) is 0 Å². The summed E-state index contributed by atoms with van der Waals surface area (Å²) in [6, 6.07) is 3.90. The lowest BCUT2D eigenvalue weighted by atomic mass is 10.1. The molecule has 0 aliphatic carbocycles. The van der Waals surface area contributed by atoms with Gasteiger partial charge < -0.3 is 5.21 Å². The summed E-state index contributed by atoms with van der Waals surface area (Å²) in [5.74, 6) is 0. The van der Waals surface area contributed by atoms with Gasteiger partial charge >= 0.3 is 0 Å². The molecule has 0 aromatic carbocycles. The van der Waals surface area contributed by atoms with Gasteiger partial charge in [0, 0.05) is 25.0 Å². The molecule has 2 nitrogen and oxygen atoms in total. The molecular weight excluding hydrogens is 150 g/mol. The Labute approximate surface area is 73.4 Å². The molecule has 0 atom stereocenters. The lowest BCUT2D eigenvalue weighted by molar-refractivity contribution is -0.622. The maximum absolute atomic E-state index is 11.5. The summed E-state index contributed by atoms with van der Waals surface area (Å²) in [6.45, 7) is 6.03. The maximum atomic E-state index is 11.5. The van der Waals surface area contributed by atoms with E-state index in [1.54, 1.807) is 0 Å². The van der Waals surface area contributed by atoms with Crippen molar-refractivity contribution in [1.82, 2.24) is 0 Å². The monoisotopic (exact) mass is 165 g/mol. The van der Waals surface area contributed by atoms with Gasteiger partial charge in [-0.05, 0) is 12.5 Å². The van der Waals surface area contributed by atoms with Gasteiger partial charge in [-0.25, -0.2) is 0 Å². The zero-order valence-corrected chi connectivity index (χ0v) is 7.92. The van der Waals surface area contributed by atoms with Crippen LogP contribution in [-0.4, -0.2) is 0 Å². The fourth-order valence-corrected chi connectivity index (χ4v) is 1.36. The third kappa shape index (κ3) is 1.58. The maximum Gasteiger partial charge on any atom is 0.193 e. The zero-order chi connectivity index (χ0) is 9.14. The topological polar surface area (TPSA) is 26.9 Å². The molecule has 0 unspecified atom stereocenters. The van der Waals surface area contributed by atoms with Crippen molar-refractivity contribution in [3.63, 3.8) is 0 Å². The summed E-state index contributed by atoms with van der Waals surface area (Å²) in [4.78, 5) is 0. The number of hydrogen-bond acceptors (Lipinski definition) is 1. The Morgan fingerprint density at radius 1 is 1.17 bits per heavy atom. The Morgan fingerprint density at radius 3 is 1.92 bits per heavy atom. The first-order chi connectivity index (χ1) is 5.69. The first-order valence-corrected chi connectivity index (χ1v) is 4.41. The molecule has 0 bridgehead atoms. The summed E-state index contributed by atoms with van der Waals surface area (Å²) in [6.07, 6.45) is 1.61. The zero-order valence-electron chi connectivity index (χ0n) is 7.92. The highest BCUT2D eigenvalue weighted by molar-refractivity contribution is 5.15. The second-order valence-electron chi connectivity index (χ2n) is 3.02. The Hall–Kier alpha value is -1.05. The van der Waals surface area contributed by atoms with Crippen LogP contribution in [0, 0.1) is 12.1 Å². The van der Waals surface area contributed by atoms with Crippen LogP contribution in [0.3, 0.4) is 0 Å². The first-order valence-electron chi connectivity index (χ1n) is 4.41. The van der Waals surface area contributed by atoms with Crippen LogP contribution in [0.15, 0.2) is 12.1 Å². The van der Waals surface area contributed by atoms with Crippen LogP contribution in [0.4, 0.5) is 0 Å². The molecule has 12 heavy (non-hydrogen) atoms. The van der Waals surface area contributed by atoms with Crippen LogP contribution in [0.25, 0.3) is 0 Å². The van der Waals surface area contributed by atoms with E-state index in [9.17, 15) is 5.21 Å². The molecule has 0 fully saturated rings. The summed E-state index contributed by atoms with van der Waals surface area (Å²) in [5, 5.41) is 11.5. The van der Waals surface area contributed by atoms with Crippen LogP contribution < -0.4 is 4.73 Å². The highest BCUT2D eigenvalue weighted by Crippen LogP contribution is 2.03. The highest BCUT2D eigenvalue weighted by Gasteiger charge is 2.08. The Balaban J connectivity index is 3.22. The molecule has 0 saturated carbocycles. The van der Waals surface area contributed by atoms with E-state index in [2.05, 4.69) is 0 Å². The molecule has 0 aliphatic rings. The number of rotatable bonds is 2. The van der Waals surface area contributed by atoms with E-state index in [4.69, 9.17) is 0 Å². The molecule has 0 aliphatic heterocycles. The molecule has 0 radical (unpaired) electrons. The Morgan fingerprint density at radius 2 is 1.58 bits per heavy atom. The van der Waals surface area contributed by atoms with Crippen molar-refractivity contribution >= 4 is 0 Å². The first kappa shape index (κ1) is 9.04. The van der Waals surface area contributed by atoms with E-state index in [-0.39, 0.29) is 0 Å². The van der Waals surface area contributed by atoms with Crippen molar-refractivity contribution in [3.8, 4) is 0 Å². The van der Waals surface area contributed by atoms with Crippen molar-refractivity contribution in [2.45, 2.75) is 33.6 Å². The van der Waals surface area contributed by atoms with Crippen molar-refractivity contribution in [3.05, 3.63) is 34.3 Å². The minimum atomic E-state index is 0.804. The van der Waals surface area contributed by atoms with Gasteiger partial charge in [-0.1, -0.05) is 13.8 Å². The van der Waals surface area contributed by atoms with Gasteiger partial charge in [0.2, 0.25) is 0 Å². The highest BCUT2D eigenvalue weighted by atomic mass is 16.5. The van der Waals surface area contributed by atoms with Crippen molar-refractivity contribution < 1.29 is 4.73 Å². The SMILES string of the molecule is CCc1cc(C)cc(CC)[n+]1[O-]. The Kier molecular flexibility index (Phi) is 2.69. The second kappa shape index (κ2) is 3.57. The predicted molar refractivity (Wildman–Crippen MR) is 48.9 cm³/mol. The molecule has 0 amide bonds. The number of aromatic nitrogens is 1. The molecule has 2 heteroatoms. The molecule has 0 N–H and O–H groups in total. The van der Waals surface area contributed by atoms with Crippen molar-refractivity contribution in [2.24, 2.45) is 0 Å². The molecule has 1 heterocycles. The number of aryl methyl sites for hydroxylation is 3. The molecular formula is C10H15NO. The number of pyridine rings is 1. The minimum Gasteiger partial charge on any atom is -0.618 e. The van der Waals surface area contributed by atoms with Gasteiger partial charge in [0.05, 0.1) is 0 Å². The smallest absolute Gasteiger partial charge is 0.193 e. The van der Waals surface area contributed by atoms with Gasteiger partial charge in [-0.2, -0.15) is 4.73 Å². The fraction of sp³-hybridized carbons (Fsp3) is 0.500. The quantitative estimate of drug-likeness (QED) is 0.484. The van der Waals surface area contributed by atoms with Gasteiger partial charge in [0.1, 0.15) is 0 Å². The van der Waals surface area contributed by atoms with Gasteiger partial charge in [0.15, 0.2) is 11.4 Å². The van der Waals surface area contributed by atoms with Gasteiger partial charge in [0.25, 0.3) is 0 Å². The average molecular weight is 165 g/mol. The average Bonchev–Trinajstić information content (AvgIpc) is 2.08. The third-order valence-electron chi connectivity index (χ3n) is 2.03. The lowest BCUT2D eigenvalue weighted by Gasteiger charge is -2.07. The van der Waals surface area contributed by atoms with E-state index < -0.39 is 0 Å². The van der Waals surface area contributed by atoms with Crippen molar-refractivity contribution in [2.75, 3.05) is 0 Å². The van der Waals surface area contributed by atoms with Crippen LogP contribution in [0.2, 0.25) is 0 Å². The number of nitrogens with zero attached hydrogens (tertiary/aromatic N) is 1. The summed E-state index contributed by atoms with van der Waals surface area (Å²) in [5.41, 5.74) is 2.91. The van der Waals surface area contributed by atoms with Crippen LogP contribution in [0.5, 0.6) is 0 Å². The van der Waals surface area contributed by atoms with Crippen LogP contribution in [-0.2, 0) is 12.8 Å². The molecule has 66 valence electrons. The van der Waals surface area contributed by atoms with E-state index in [1.807, 2.05) is 32.9 Å². The summed E-state index contributed by atoms with van der Waals surface area (Å²) >= 11 is 0. The van der Waals surface area contributed by atoms with E-state index in [0.29, 0.717) is 0 Å². The van der Waals surface area contributed by atoms with Crippen LogP contribution >= 0.6 is 0 Å². The summed E-state index contributed by atoms with van der Waals surface area (Å²) < 4.78 is 1.05. The Bertz CT molecular complexity index is 256. The van der Waals surface area contributed by atoms with E-state index in [1.165, 1.54) is 5.56 Å². The molecule has 1 aromatic heterocycles. The molecule has 1 aromatic rings. The van der Waals surface area contributed by atoms with Crippen molar-refractivity contribution in [1.29, 1.82) is 0 Å². The summed E-state index contributed by atoms with van der Waals surface area (Å²) in [7, 11) is 0. The number of hydrogen-bond donors (Lipinski definition) is 0. The third-order valence-corrected chi connectivity index (χ3v) is 2.03. The van der Waals surface area contributed by atoms with E-state index >= 15 is 0 Å². The lowest BCUT2D eigenvalue weighted by Crippen LogP contribution is -2.36. The molecule has 0 spiro atoms. The second-order valence-corrected chi connectivity index (χ2v) is 3.02. The van der Waals surface area contributed by atoms with Gasteiger partial charge in [-0.15, -0.1) is 0 Å². The predicted octanol–water partition coefficient (Wildman–Crippen LogP) is 1.75. The normalized spacial score (nSPS) is 10.2. The standard InChI is InChI=1S/C10H15NO/c1-4-9-6-8(3)7-10(5-2)11(9)12/h6-7H,4-5H2,1-3H3. The largest absolute Gasteiger partial charge is 0.618 e. The van der Waals surface area contributed by atoms with Crippen LogP contribution in [0.1, 0.15) is 30.8 Å². The minimum absolute atomic E-state index is 0.804.